The zero-order valence-corrected chi connectivity index (χ0v) is 21.8. The van der Waals surface area contributed by atoms with Crippen LogP contribution in [0.2, 0.25) is 0 Å². The molecule has 8 rings (SSSR count). The predicted molar refractivity (Wildman–Crippen MR) is 166 cm³/mol. The first-order valence-electron chi connectivity index (χ1n) is 13.1. The van der Waals surface area contributed by atoms with E-state index >= 15 is 0 Å². The average Bonchev–Trinajstić information content (AvgIpc) is 3.44. The number of nitrogens with zero attached hydrogens (tertiary/aromatic N) is 2. The van der Waals surface area contributed by atoms with E-state index in [1.807, 2.05) is 18.5 Å². The van der Waals surface area contributed by atoms with Gasteiger partial charge in [-0.3, -0.25) is 4.98 Å². The van der Waals surface area contributed by atoms with Crippen LogP contribution in [-0.2, 0) is 0 Å². The van der Waals surface area contributed by atoms with E-state index in [9.17, 15) is 0 Å². The first-order chi connectivity index (χ1) is 19.3. The number of hydrogen-bond acceptors (Lipinski definition) is 3. The van der Waals surface area contributed by atoms with E-state index in [2.05, 4.69) is 120 Å². The highest BCUT2D eigenvalue weighted by Crippen LogP contribution is 2.45. The van der Waals surface area contributed by atoms with Gasteiger partial charge >= 0.3 is 0 Å². The van der Waals surface area contributed by atoms with Crippen molar-refractivity contribution >= 4 is 53.9 Å². The highest BCUT2D eigenvalue weighted by molar-refractivity contribution is 7.21. The van der Waals surface area contributed by atoms with E-state index in [0.29, 0.717) is 0 Å². The van der Waals surface area contributed by atoms with Crippen molar-refractivity contribution in [1.82, 2.24) is 9.97 Å². The standard InChI is InChI=1S/C36H22N2S/c1-2-10-26-23(8-1)9-7-13-27(26)35-29-12-4-3-11-28(29)34(31-22-37-21-20-30(31)35)24-16-18-25(19-17-24)36-38-32-14-5-6-15-33(32)39-36/h1-22H. The number of benzene rings is 6. The second-order valence-corrected chi connectivity index (χ2v) is 10.8. The third-order valence-corrected chi connectivity index (χ3v) is 8.68. The lowest BCUT2D eigenvalue weighted by Gasteiger charge is -2.18. The summed E-state index contributed by atoms with van der Waals surface area (Å²) in [5, 5.41) is 8.40. The fraction of sp³-hybridized carbons (Fsp3) is 0. The Morgan fingerprint density at radius 2 is 1.15 bits per heavy atom. The highest BCUT2D eigenvalue weighted by Gasteiger charge is 2.18. The summed E-state index contributed by atoms with van der Waals surface area (Å²) in [6.07, 6.45) is 3.93. The first-order valence-corrected chi connectivity index (χ1v) is 13.9. The minimum Gasteiger partial charge on any atom is -0.264 e. The van der Waals surface area contributed by atoms with Crippen molar-refractivity contribution in [1.29, 1.82) is 0 Å². The molecule has 0 atom stereocenters. The van der Waals surface area contributed by atoms with Gasteiger partial charge in [-0.2, -0.15) is 0 Å². The molecule has 8 aromatic rings. The topological polar surface area (TPSA) is 25.8 Å². The van der Waals surface area contributed by atoms with Gasteiger partial charge in [0, 0.05) is 23.3 Å². The Balaban J connectivity index is 1.38. The molecule has 0 spiro atoms. The van der Waals surface area contributed by atoms with Gasteiger partial charge in [0.15, 0.2) is 0 Å². The summed E-state index contributed by atoms with van der Waals surface area (Å²) in [5.41, 5.74) is 7.09. The lowest BCUT2D eigenvalue weighted by atomic mass is 9.85. The number of hydrogen-bond donors (Lipinski definition) is 0. The van der Waals surface area contributed by atoms with Crippen LogP contribution in [0.25, 0.3) is 75.4 Å². The van der Waals surface area contributed by atoms with Crippen LogP contribution in [0.3, 0.4) is 0 Å². The van der Waals surface area contributed by atoms with Crippen molar-refractivity contribution in [2.75, 3.05) is 0 Å². The molecule has 6 aromatic carbocycles. The molecule has 0 aliphatic rings. The number of thiazole rings is 1. The molecule has 39 heavy (non-hydrogen) atoms. The summed E-state index contributed by atoms with van der Waals surface area (Å²) in [4.78, 5) is 9.45. The van der Waals surface area contributed by atoms with Gasteiger partial charge in [0.05, 0.1) is 10.2 Å². The van der Waals surface area contributed by atoms with E-state index in [1.165, 1.54) is 53.9 Å². The monoisotopic (exact) mass is 514 g/mol. The van der Waals surface area contributed by atoms with Gasteiger partial charge < -0.3 is 0 Å². The molecule has 0 aliphatic heterocycles. The van der Waals surface area contributed by atoms with Gasteiger partial charge in [0.1, 0.15) is 5.01 Å². The van der Waals surface area contributed by atoms with E-state index in [0.717, 1.165) is 21.5 Å². The molecule has 0 saturated carbocycles. The molecule has 0 bridgehead atoms. The van der Waals surface area contributed by atoms with Gasteiger partial charge in [-0.15, -0.1) is 11.3 Å². The van der Waals surface area contributed by atoms with Gasteiger partial charge in [-0.25, -0.2) is 4.98 Å². The van der Waals surface area contributed by atoms with Crippen LogP contribution < -0.4 is 0 Å². The number of para-hydroxylation sites is 1. The third-order valence-electron chi connectivity index (χ3n) is 7.60. The second-order valence-electron chi connectivity index (χ2n) is 9.81. The van der Waals surface area contributed by atoms with Crippen LogP contribution in [-0.4, -0.2) is 9.97 Å². The summed E-state index contributed by atoms with van der Waals surface area (Å²) in [6, 6.07) is 43.3. The zero-order chi connectivity index (χ0) is 25.8. The van der Waals surface area contributed by atoms with Crippen LogP contribution in [0, 0.1) is 0 Å². The summed E-state index contributed by atoms with van der Waals surface area (Å²) in [7, 11) is 0. The van der Waals surface area contributed by atoms with Gasteiger partial charge in [-0.05, 0) is 67.4 Å². The highest BCUT2D eigenvalue weighted by atomic mass is 32.1. The molecule has 0 aliphatic carbocycles. The molecule has 0 N–H and O–H groups in total. The minimum atomic E-state index is 1.05. The molecule has 0 amide bonds. The van der Waals surface area contributed by atoms with Crippen molar-refractivity contribution in [3.05, 3.63) is 134 Å². The van der Waals surface area contributed by atoms with Crippen LogP contribution in [0.1, 0.15) is 0 Å². The van der Waals surface area contributed by atoms with Crippen molar-refractivity contribution in [3.8, 4) is 32.8 Å². The smallest absolute Gasteiger partial charge is 0.124 e. The number of fused-ring (bicyclic) bond motifs is 4. The van der Waals surface area contributed by atoms with Crippen LogP contribution in [0.15, 0.2) is 134 Å². The largest absolute Gasteiger partial charge is 0.264 e. The summed E-state index contributed by atoms with van der Waals surface area (Å²) < 4.78 is 1.21. The van der Waals surface area contributed by atoms with E-state index in [1.54, 1.807) is 11.3 Å². The molecule has 0 unspecified atom stereocenters. The third kappa shape index (κ3) is 3.55. The molecule has 2 aromatic heterocycles. The fourth-order valence-electron chi connectivity index (χ4n) is 5.84. The van der Waals surface area contributed by atoms with Crippen molar-refractivity contribution in [2.45, 2.75) is 0 Å². The Bertz CT molecular complexity index is 2080. The SMILES string of the molecule is c1ccc2c(-c3c4ccccc4c(-c4ccc(-c5nc6ccccc6s5)cc4)c4cnccc34)cccc2c1. The Kier molecular flexibility index (Phi) is 5.04. The Labute approximate surface area is 229 Å². The molecule has 0 fully saturated rings. The average molecular weight is 515 g/mol. The Hall–Kier alpha value is -4.86. The second kappa shape index (κ2) is 8.87. The van der Waals surface area contributed by atoms with Crippen LogP contribution in [0.4, 0.5) is 0 Å². The first kappa shape index (κ1) is 22.2. The normalized spacial score (nSPS) is 11.6. The Morgan fingerprint density at radius 3 is 2.00 bits per heavy atom. The summed E-state index contributed by atoms with van der Waals surface area (Å²) >= 11 is 1.74. The quantitative estimate of drug-likeness (QED) is 0.219. The fourth-order valence-corrected chi connectivity index (χ4v) is 6.81. The number of rotatable bonds is 3. The molecule has 0 radical (unpaired) electrons. The molecule has 0 saturated heterocycles. The number of aromatic nitrogens is 2. The zero-order valence-electron chi connectivity index (χ0n) is 21.0. The molecule has 2 nitrogen and oxygen atoms in total. The predicted octanol–water partition coefficient (Wildman–Crippen LogP) is 10.2. The van der Waals surface area contributed by atoms with E-state index in [4.69, 9.17) is 4.98 Å². The van der Waals surface area contributed by atoms with Crippen molar-refractivity contribution in [3.63, 3.8) is 0 Å². The summed E-state index contributed by atoms with van der Waals surface area (Å²) in [5.74, 6) is 0. The van der Waals surface area contributed by atoms with Gasteiger partial charge in [0.2, 0.25) is 0 Å². The Morgan fingerprint density at radius 1 is 0.487 bits per heavy atom. The maximum Gasteiger partial charge on any atom is 0.124 e. The number of pyridine rings is 1. The van der Waals surface area contributed by atoms with Crippen molar-refractivity contribution < 1.29 is 0 Å². The van der Waals surface area contributed by atoms with E-state index in [-0.39, 0.29) is 0 Å². The van der Waals surface area contributed by atoms with Gasteiger partial charge in [0.25, 0.3) is 0 Å². The minimum absolute atomic E-state index is 1.05. The van der Waals surface area contributed by atoms with Gasteiger partial charge in [-0.1, -0.05) is 103 Å². The molecule has 2 heterocycles. The summed E-state index contributed by atoms with van der Waals surface area (Å²) in [6.45, 7) is 0. The lowest BCUT2D eigenvalue weighted by Crippen LogP contribution is -1.92. The maximum atomic E-state index is 4.86. The van der Waals surface area contributed by atoms with Crippen LogP contribution in [0.5, 0.6) is 0 Å². The molecular weight excluding hydrogens is 492 g/mol. The maximum absolute atomic E-state index is 4.86. The molecule has 3 heteroatoms. The van der Waals surface area contributed by atoms with Crippen molar-refractivity contribution in [2.24, 2.45) is 0 Å². The lowest BCUT2D eigenvalue weighted by molar-refractivity contribution is 1.37. The van der Waals surface area contributed by atoms with Crippen LogP contribution >= 0.6 is 11.3 Å². The van der Waals surface area contributed by atoms with E-state index < -0.39 is 0 Å². The molecular formula is C36H22N2S. The molecule has 182 valence electrons.